The maximum Gasteiger partial charge on any atom is 0.423 e. The van der Waals surface area contributed by atoms with Crippen LogP contribution in [-0.4, -0.2) is 40.6 Å². The summed E-state index contributed by atoms with van der Waals surface area (Å²) in [6, 6.07) is 0. The molecule has 0 aliphatic heterocycles. The number of hydrogen-bond acceptors (Lipinski definition) is 5. The molecule has 0 aromatic carbocycles. The van der Waals surface area contributed by atoms with Gasteiger partial charge in [-0.1, -0.05) is 0 Å². The molecule has 108 valence electrons. The van der Waals surface area contributed by atoms with Gasteiger partial charge in [0.25, 0.3) is 0 Å². The highest BCUT2D eigenvalue weighted by molar-refractivity contribution is 7.90. The van der Waals surface area contributed by atoms with E-state index < -0.39 is 34.9 Å². The highest BCUT2D eigenvalue weighted by atomic mass is 32.2. The van der Waals surface area contributed by atoms with Gasteiger partial charge < -0.3 is 14.0 Å². The van der Waals surface area contributed by atoms with Crippen LogP contribution in [-0.2, 0) is 22.1 Å². The molecule has 0 aliphatic carbocycles. The highest BCUT2D eigenvalue weighted by Crippen LogP contribution is 2.34. The molecule has 0 aliphatic rings. The standard InChI is InChI=1S/C10H13F3N2O3S/c1-6(17-2)5-18-8-7(10(11,12)13)4-14-9(15-8)19(3)16/h4,6H,5H2,1-3H3/t6-,19?/m1/s1. The Bertz CT molecular complexity index is 429. The molecule has 5 nitrogen and oxygen atoms in total. The zero-order valence-electron chi connectivity index (χ0n) is 10.5. The quantitative estimate of drug-likeness (QED) is 0.611. The summed E-state index contributed by atoms with van der Waals surface area (Å²) in [5.41, 5.74) is -1.11. The summed E-state index contributed by atoms with van der Waals surface area (Å²) >= 11 is -1.59. The van der Waals surface area contributed by atoms with Crippen molar-refractivity contribution in [2.45, 2.75) is 24.4 Å². The molecule has 0 saturated heterocycles. The van der Waals surface area contributed by atoms with Crippen molar-refractivity contribution in [2.24, 2.45) is 0 Å². The summed E-state index contributed by atoms with van der Waals surface area (Å²) in [6.45, 7) is 1.53. The van der Waals surface area contributed by atoms with E-state index in [9.17, 15) is 17.7 Å². The van der Waals surface area contributed by atoms with Crippen LogP contribution in [0.25, 0.3) is 0 Å². The van der Waals surface area contributed by atoms with Gasteiger partial charge in [0.2, 0.25) is 5.88 Å². The van der Waals surface area contributed by atoms with Gasteiger partial charge in [-0.05, 0) is 6.92 Å². The number of alkyl halides is 3. The van der Waals surface area contributed by atoms with Gasteiger partial charge in [0, 0.05) is 18.3 Å². The smallest absolute Gasteiger partial charge is 0.423 e. The normalized spacial score (nSPS) is 15.1. The summed E-state index contributed by atoms with van der Waals surface area (Å²) in [5, 5.41) is -0.215. The first-order valence-electron chi connectivity index (χ1n) is 5.19. The maximum atomic E-state index is 12.7. The Balaban J connectivity index is 3.04. The van der Waals surface area contributed by atoms with E-state index in [4.69, 9.17) is 9.47 Å². The molecule has 0 saturated carbocycles. The molecular formula is C10H13F3N2O3S. The molecule has 1 unspecified atom stereocenters. The number of halogens is 3. The third-order valence-electron chi connectivity index (χ3n) is 2.15. The Labute approximate surface area is 111 Å². The monoisotopic (exact) mass is 298 g/mol. The summed E-state index contributed by atoms with van der Waals surface area (Å²) in [6.07, 6.45) is -3.20. The highest BCUT2D eigenvalue weighted by Gasteiger charge is 2.37. The van der Waals surface area contributed by atoms with Crippen molar-refractivity contribution in [1.29, 1.82) is 0 Å². The predicted molar refractivity (Wildman–Crippen MR) is 61.3 cm³/mol. The molecule has 1 rings (SSSR count). The Hall–Kier alpha value is -1.06. The van der Waals surface area contributed by atoms with Crippen LogP contribution in [0.4, 0.5) is 13.2 Å². The molecule has 0 fully saturated rings. The molecule has 0 spiro atoms. The van der Waals surface area contributed by atoms with E-state index in [1.54, 1.807) is 6.92 Å². The summed E-state index contributed by atoms with van der Waals surface area (Å²) in [5.74, 6) is -0.642. The van der Waals surface area contributed by atoms with Crippen LogP contribution in [0.5, 0.6) is 5.88 Å². The first-order chi connectivity index (χ1) is 8.75. The van der Waals surface area contributed by atoms with Crippen molar-refractivity contribution >= 4 is 11.2 Å². The fourth-order valence-electron chi connectivity index (χ4n) is 1.06. The van der Waals surface area contributed by atoms with Crippen LogP contribution in [0.1, 0.15) is 12.5 Å². The Morgan fingerprint density at radius 1 is 1.47 bits per heavy atom. The third-order valence-corrected chi connectivity index (χ3v) is 2.86. The first-order valence-corrected chi connectivity index (χ1v) is 6.74. The second kappa shape index (κ2) is 6.40. The van der Waals surface area contributed by atoms with Gasteiger partial charge in [-0.2, -0.15) is 18.2 Å². The fourth-order valence-corrected chi connectivity index (χ4v) is 1.47. The average molecular weight is 298 g/mol. The molecule has 1 aromatic heterocycles. The van der Waals surface area contributed by atoms with E-state index in [1.807, 2.05) is 0 Å². The molecule has 1 aromatic rings. The predicted octanol–water partition coefficient (Wildman–Crippen LogP) is 1.65. The number of hydrogen-bond donors (Lipinski definition) is 0. The van der Waals surface area contributed by atoms with E-state index in [2.05, 4.69) is 9.97 Å². The number of rotatable bonds is 5. The molecule has 2 atom stereocenters. The van der Waals surface area contributed by atoms with Crippen LogP contribution in [0.2, 0.25) is 0 Å². The largest absolute Gasteiger partial charge is 0.609 e. The second-order valence-electron chi connectivity index (χ2n) is 3.68. The van der Waals surface area contributed by atoms with Gasteiger partial charge in [-0.25, -0.2) is 0 Å². The van der Waals surface area contributed by atoms with Crippen molar-refractivity contribution in [2.75, 3.05) is 20.0 Å². The van der Waals surface area contributed by atoms with Crippen molar-refractivity contribution in [1.82, 2.24) is 9.97 Å². The van der Waals surface area contributed by atoms with Crippen LogP contribution in [0.15, 0.2) is 11.4 Å². The fraction of sp³-hybridized carbons (Fsp3) is 0.600. The van der Waals surface area contributed by atoms with E-state index in [0.717, 1.165) is 0 Å². The van der Waals surface area contributed by atoms with Gasteiger partial charge >= 0.3 is 11.3 Å². The van der Waals surface area contributed by atoms with Crippen molar-refractivity contribution in [3.63, 3.8) is 0 Å². The van der Waals surface area contributed by atoms with Gasteiger partial charge in [0.1, 0.15) is 18.4 Å². The summed E-state index contributed by atoms with van der Waals surface area (Å²) in [7, 11) is 1.41. The van der Waals surface area contributed by atoms with Crippen LogP contribution < -0.4 is 4.74 Å². The number of aromatic nitrogens is 2. The third kappa shape index (κ3) is 4.51. The van der Waals surface area contributed by atoms with Crippen LogP contribution in [0.3, 0.4) is 0 Å². The molecule has 0 bridgehead atoms. The minimum Gasteiger partial charge on any atom is -0.609 e. The second-order valence-corrected chi connectivity index (χ2v) is 4.95. The Morgan fingerprint density at radius 2 is 2.11 bits per heavy atom. The molecule has 0 amide bonds. The van der Waals surface area contributed by atoms with Gasteiger partial charge in [-0.3, -0.25) is 0 Å². The van der Waals surface area contributed by atoms with E-state index >= 15 is 0 Å². The lowest BCUT2D eigenvalue weighted by molar-refractivity contribution is -0.140. The lowest BCUT2D eigenvalue weighted by Crippen LogP contribution is -2.20. The Kier molecular flexibility index (Phi) is 5.39. The minimum atomic E-state index is -4.64. The zero-order valence-corrected chi connectivity index (χ0v) is 11.3. The minimum absolute atomic E-state index is 0.105. The van der Waals surface area contributed by atoms with E-state index in [-0.39, 0.29) is 11.8 Å². The van der Waals surface area contributed by atoms with Gasteiger partial charge in [0.15, 0.2) is 0 Å². The Morgan fingerprint density at radius 3 is 2.58 bits per heavy atom. The molecule has 9 heteroatoms. The SMILES string of the molecule is CO[C@H](C)COc1nc([S+](C)[O-])ncc1C(F)(F)F. The number of methoxy groups -OCH3 is 1. The van der Waals surface area contributed by atoms with Crippen molar-refractivity contribution in [3.8, 4) is 5.88 Å². The van der Waals surface area contributed by atoms with Crippen LogP contribution in [0, 0.1) is 0 Å². The summed E-state index contributed by atoms with van der Waals surface area (Å²) < 4.78 is 59.2. The average Bonchev–Trinajstić information content (AvgIpc) is 2.34. The van der Waals surface area contributed by atoms with Crippen LogP contribution >= 0.6 is 0 Å². The molecule has 1 heterocycles. The van der Waals surface area contributed by atoms with E-state index in [1.165, 1.54) is 13.4 Å². The first kappa shape index (κ1) is 16.0. The number of nitrogens with zero attached hydrogens (tertiary/aromatic N) is 2. The van der Waals surface area contributed by atoms with E-state index in [0.29, 0.717) is 6.20 Å². The summed E-state index contributed by atoms with van der Waals surface area (Å²) in [4.78, 5) is 6.95. The topological polar surface area (TPSA) is 67.3 Å². The van der Waals surface area contributed by atoms with Gasteiger partial charge in [-0.15, -0.1) is 4.98 Å². The van der Waals surface area contributed by atoms with Crippen molar-refractivity contribution < 1.29 is 27.2 Å². The molecule has 0 N–H and O–H groups in total. The zero-order chi connectivity index (χ0) is 14.6. The molecule has 0 radical (unpaired) electrons. The van der Waals surface area contributed by atoms with Crippen molar-refractivity contribution in [3.05, 3.63) is 11.8 Å². The number of ether oxygens (including phenoxy) is 2. The van der Waals surface area contributed by atoms with Gasteiger partial charge in [0.05, 0.1) is 12.3 Å². The lowest BCUT2D eigenvalue weighted by Gasteiger charge is -2.15. The molecular weight excluding hydrogens is 285 g/mol. The molecule has 19 heavy (non-hydrogen) atoms. The lowest BCUT2D eigenvalue weighted by atomic mass is 10.3. The maximum absolute atomic E-state index is 12.7.